The molecule has 2 unspecified atom stereocenters. The van der Waals surface area contributed by atoms with Crippen molar-refractivity contribution in [1.82, 2.24) is 29.9 Å². The van der Waals surface area contributed by atoms with Gasteiger partial charge in [0, 0.05) is 30.2 Å². The number of aryl methyl sites for hydroxylation is 2. The lowest BCUT2D eigenvalue weighted by Gasteiger charge is -2.34. The van der Waals surface area contributed by atoms with E-state index in [0.29, 0.717) is 28.4 Å². The number of benzene rings is 1. The maximum atomic E-state index is 13.4. The van der Waals surface area contributed by atoms with Gasteiger partial charge in [0.2, 0.25) is 0 Å². The number of rotatable bonds is 5. The summed E-state index contributed by atoms with van der Waals surface area (Å²) in [5.41, 5.74) is 3.93. The Morgan fingerprint density at radius 3 is 2.35 bits per heavy atom. The standard InChI is InChI=1S/C23H28N6OS/c1-15-10-16(2)13-28(12-15)22(30)21-20(14-31-23-24-17(3)11-18(4)25-23)29(27-26-21)19-8-6-5-7-9-19/h5-9,11,15-16H,10,12-14H2,1-4H3. The maximum absolute atomic E-state index is 13.4. The second-order valence-electron chi connectivity index (χ2n) is 8.51. The molecule has 31 heavy (non-hydrogen) atoms. The van der Waals surface area contributed by atoms with Crippen molar-refractivity contribution >= 4 is 17.7 Å². The molecule has 0 N–H and O–H groups in total. The highest BCUT2D eigenvalue weighted by Crippen LogP contribution is 2.27. The second-order valence-corrected chi connectivity index (χ2v) is 9.45. The minimum Gasteiger partial charge on any atom is -0.337 e. The number of carbonyl (C=O) groups excluding carboxylic acids is 1. The van der Waals surface area contributed by atoms with Crippen LogP contribution in [0.2, 0.25) is 0 Å². The lowest BCUT2D eigenvalue weighted by molar-refractivity contribution is 0.0616. The molecule has 7 nitrogen and oxygen atoms in total. The van der Waals surface area contributed by atoms with E-state index < -0.39 is 0 Å². The van der Waals surface area contributed by atoms with Crippen LogP contribution in [-0.2, 0) is 5.75 Å². The number of likely N-dealkylation sites (tertiary alicyclic amines) is 1. The first-order chi connectivity index (χ1) is 14.9. The zero-order chi connectivity index (χ0) is 22.0. The fraction of sp³-hybridized carbons (Fsp3) is 0.435. The molecular weight excluding hydrogens is 408 g/mol. The fourth-order valence-electron chi connectivity index (χ4n) is 4.24. The molecule has 1 saturated heterocycles. The summed E-state index contributed by atoms with van der Waals surface area (Å²) in [6.45, 7) is 9.84. The van der Waals surface area contributed by atoms with Gasteiger partial charge in [-0.2, -0.15) is 0 Å². The van der Waals surface area contributed by atoms with Crippen LogP contribution in [0, 0.1) is 25.7 Å². The number of piperidine rings is 1. The molecule has 3 heterocycles. The van der Waals surface area contributed by atoms with E-state index >= 15 is 0 Å². The highest BCUT2D eigenvalue weighted by molar-refractivity contribution is 7.98. The predicted octanol–water partition coefficient (Wildman–Crippen LogP) is 4.08. The SMILES string of the molecule is Cc1cc(C)nc(SCc2c(C(=O)N3CC(C)CC(C)C3)nnn2-c2ccccc2)n1. The minimum atomic E-state index is -0.0440. The molecule has 1 fully saturated rings. The normalized spacial score (nSPS) is 18.9. The first kappa shape index (κ1) is 21.5. The van der Waals surface area contributed by atoms with Gasteiger partial charge >= 0.3 is 0 Å². The molecule has 0 saturated carbocycles. The van der Waals surface area contributed by atoms with Gasteiger partial charge in [-0.1, -0.05) is 49.0 Å². The van der Waals surface area contributed by atoms with Crippen LogP contribution in [0.5, 0.6) is 0 Å². The van der Waals surface area contributed by atoms with Gasteiger partial charge in [0.25, 0.3) is 5.91 Å². The first-order valence-corrected chi connectivity index (χ1v) is 11.6. The van der Waals surface area contributed by atoms with Gasteiger partial charge in [0.1, 0.15) is 0 Å². The average Bonchev–Trinajstić information content (AvgIpc) is 3.15. The molecule has 0 bridgehead atoms. The van der Waals surface area contributed by atoms with E-state index in [1.807, 2.05) is 55.1 Å². The summed E-state index contributed by atoms with van der Waals surface area (Å²) < 4.78 is 1.76. The molecule has 0 aliphatic carbocycles. The highest BCUT2D eigenvalue weighted by atomic mass is 32.2. The molecule has 1 aliphatic rings. The van der Waals surface area contributed by atoms with E-state index in [4.69, 9.17) is 0 Å². The van der Waals surface area contributed by atoms with Crippen LogP contribution in [0.15, 0.2) is 41.6 Å². The summed E-state index contributed by atoms with van der Waals surface area (Å²) in [6.07, 6.45) is 1.15. The summed E-state index contributed by atoms with van der Waals surface area (Å²) in [5, 5.41) is 9.38. The van der Waals surface area contributed by atoms with Gasteiger partial charge < -0.3 is 4.90 Å². The van der Waals surface area contributed by atoms with Gasteiger partial charge in [-0.3, -0.25) is 4.79 Å². The molecule has 162 valence electrons. The van der Waals surface area contributed by atoms with Crippen molar-refractivity contribution in [3.63, 3.8) is 0 Å². The summed E-state index contributed by atoms with van der Waals surface area (Å²) in [6, 6.07) is 11.8. The molecule has 0 spiro atoms. The van der Waals surface area contributed by atoms with E-state index in [2.05, 4.69) is 34.1 Å². The quantitative estimate of drug-likeness (QED) is 0.443. The van der Waals surface area contributed by atoms with Crippen molar-refractivity contribution in [2.24, 2.45) is 11.8 Å². The highest BCUT2D eigenvalue weighted by Gasteiger charge is 2.30. The molecular formula is C23H28N6OS. The third-order valence-electron chi connectivity index (χ3n) is 5.42. The maximum Gasteiger partial charge on any atom is 0.276 e. The number of thioether (sulfide) groups is 1. The number of hydrogen-bond donors (Lipinski definition) is 0. The van der Waals surface area contributed by atoms with Crippen molar-refractivity contribution in [2.75, 3.05) is 13.1 Å². The van der Waals surface area contributed by atoms with Crippen LogP contribution in [0.3, 0.4) is 0 Å². The Hall–Kier alpha value is -2.74. The molecule has 0 radical (unpaired) electrons. The number of para-hydroxylation sites is 1. The molecule has 3 aromatic rings. The molecule has 8 heteroatoms. The molecule has 4 rings (SSSR count). The monoisotopic (exact) mass is 436 g/mol. The van der Waals surface area contributed by atoms with E-state index in [0.717, 1.165) is 42.3 Å². The Morgan fingerprint density at radius 1 is 1.06 bits per heavy atom. The Bertz CT molecular complexity index is 1040. The van der Waals surface area contributed by atoms with Crippen molar-refractivity contribution in [3.05, 3.63) is 59.2 Å². The van der Waals surface area contributed by atoms with Gasteiger partial charge in [-0.25, -0.2) is 14.6 Å². The number of hydrogen-bond acceptors (Lipinski definition) is 6. The van der Waals surface area contributed by atoms with Crippen molar-refractivity contribution < 1.29 is 4.79 Å². The van der Waals surface area contributed by atoms with E-state index in [9.17, 15) is 4.79 Å². The van der Waals surface area contributed by atoms with Crippen LogP contribution >= 0.6 is 11.8 Å². The number of nitrogens with zero attached hydrogens (tertiary/aromatic N) is 6. The first-order valence-electron chi connectivity index (χ1n) is 10.6. The lowest BCUT2D eigenvalue weighted by Crippen LogP contribution is -2.43. The second kappa shape index (κ2) is 9.18. The van der Waals surface area contributed by atoms with Crippen LogP contribution < -0.4 is 0 Å². The van der Waals surface area contributed by atoms with E-state index in [1.54, 1.807) is 4.68 Å². The Morgan fingerprint density at radius 2 is 1.71 bits per heavy atom. The third-order valence-corrected chi connectivity index (χ3v) is 6.28. The summed E-state index contributed by atoms with van der Waals surface area (Å²) >= 11 is 1.50. The summed E-state index contributed by atoms with van der Waals surface area (Å²) in [7, 11) is 0. The topological polar surface area (TPSA) is 76.8 Å². The summed E-state index contributed by atoms with van der Waals surface area (Å²) in [4.78, 5) is 24.4. The molecule has 2 aromatic heterocycles. The third kappa shape index (κ3) is 4.95. The van der Waals surface area contributed by atoms with Gasteiger partial charge in [0.05, 0.1) is 11.4 Å². The number of carbonyl (C=O) groups is 1. The largest absolute Gasteiger partial charge is 0.337 e. The molecule has 2 atom stereocenters. The molecule has 1 aliphatic heterocycles. The van der Waals surface area contributed by atoms with Crippen molar-refractivity contribution in [1.29, 1.82) is 0 Å². The van der Waals surface area contributed by atoms with Gasteiger partial charge in [-0.15, -0.1) is 5.10 Å². The number of aromatic nitrogens is 5. The summed E-state index contributed by atoms with van der Waals surface area (Å²) in [5.74, 6) is 1.43. The Balaban J connectivity index is 1.67. The van der Waals surface area contributed by atoms with Crippen molar-refractivity contribution in [3.8, 4) is 5.69 Å². The number of amides is 1. The van der Waals surface area contributed by atoms with Crippen LogP contribution in [0.4, 0.5) is 0 Å². The average molecular weight is 437 g/mol. The Labute approximate surface area is 187 Å². The van der Waals surface area contributed by atoms with Crippen LogP contribution in [0.1, 0.15) is 47.8 Å². The fourth-order valence-corrected chi connectivity index (χ4v) is 5.19. The minimum absolute atomic E-state index is 0.0440. The lowest BCUT2D eigenvalue weighted by atomic mass is 9.91. The smallest absolute Gasteiger partial charge is 0.276 e. The van der Waals surface area contributed by atoms with Crippen LogP contribution in [-0.4, -0.2) is 48.9 Å². The molecule has 1 amide bonds. The zero-order valence-electron chi connectivity index (χ0n) is 18.4. The van der Waals surface area contributed by atoms with Gasteiger partial charge in [-0.05, 0) is 50.3 Å². The zero-order valence-corrected chi connectivity index (χ0v) is 19.3. The Kier molecular flexibility index (Phi) is 6.36. The predicted molar refractivity (Wildman–Crippen MR) is 121 cm³/mol. The van der Waals surface area contributed by atoms with Crippen molar-refractivity contribution in [2.45, 2.75) is 45.0 Å². The van der Waals surface area contributed by atoms with Crippen LogP contribution in [0.25, 0.3) is 5.69 Å². The van der Waals surface area contributed by atoms with E-state index in [1.165, 1.54) is 11.8 Å². The van der Waals surface area contributed by atoms with Gasteiger partial charge in [0.15, 0.2) is 10.9 Å². The van der Waals surface area contributed by atoms with E-state index in [-0.39, 0.29) is 5.91 Å². The molecule has 1 aromatic carbocycles.